The minimum Gasteiger partial charge on any atom is -0.445 e. The van der Waals surface area contributed by atoms with Crippen LogP contribution in [0.1, 0.15) is 110 Å². The zero-order valence-corrected chi connectivity index (χ0v) is 26.5. The van der Waals surface area contributed by atoms with Gasteiger partial charge in [0.05, 0.1) is 12.1 Å². The summed E-state index contributed by atoms with van der Waals surface area (Å²) in [6.07, 6.45) is 16.1. The van der Waals surface area contributed by atoms with Crippen LogP contribution in [-0.4, -0.2) is 35.9 Å². The van der Waals surface area contributed by atoms with Crippen molar-refractivity contribution < 1.29 is 19.0 Å². The zero-order valence-electron chi connectivity index (χ0n) is 25.7. The highest BCUT2D eigenvalue weighted by molar-refractivity contribution is 7.99. The fourth-order valence-electron chi connectivity index (χ4n) is 5.45. The van der Waals surface area contributed by atoms with Gasteiger partial charge in [0.2, 0.25) is 0 Å². The summed E-state index contributed by atoms with van der Waals surface area (Å²) in [6, 6.07) is 19.8. The van der Waals surface area contributed by atoms with E-state index in [9.17, 15) is 4.79 Å². The highest BCUT2D eigenvalue weighted by Gasteiger charge is 2.45. The molecule has 2 aromatic carbocycles. The van der Waals surface area contributed by atoms with Gasteiger partial charge in [0.1, 0.15) is 12.7 Å². The van der Waals surface area contributed by atoms with E-state index in [4.69, 9.17) is 14.2 Å². The molecule has 0 aliphatic carbocycles. The Hall–Kier alpha value is -2.02. The third kappa shape index (κ3) is 13.7. The van der Waals surface area contributed by atoms with Gasteiger partial charge in [0.15, 0.2) is 5.79 Å². The highest BCUT2D eigenvalue weighted by Crippen LogP contribution is 2.34. The summed E-state index contributed by atoms with van der Waals surface area (Å²) in [7, 11) is 0. The normalized spacial score (nSPS) is 18.7. The lowest BCUT2D eigenvalue weighted by Gasteiger charge is -2.27. The molecule has 3 atom stereocenters. The van der Waals surface area contributed by atoms with Crippen LogP contribution >= 0.6 is 11.8 Å². The predicted molar refractivity (Wildman–Crippen MR) is 170 cm³/mol. The Morgan fingerprint density at radius 3 is 2.00 bits per heavy atom. The van der Waals surface area contributed by atoms with Crippen LogP contribution in [0.15, 0.2) is 65.6 Å². The van der Waals surface area contributed by atoms with E-state index in [-0.39, 0.29) is 24.9 Å². The number of ether oxygens (including phenoxy) is 3. The molecule has 0 aromatic heterocycles. The van der Waals surface area contributed by atoms with Gasteiger partial charge in [0.25, 0.3) is 0 Å². The third-order valence-corrected chi connectivity index (χ3v) is 8.78. The SMILES string of the molecule is CCCCCCCCCCCCCC[C@H]1OC(C)(C)O[C@H]1[C@H](CSc1ccccc1)NC(=O)OCc1ccccc1. The standard InChI is InChI=1S/C35H53NO4S/c1-4-5-6-7-8-9-10-11-12-13-14-21-26-32-33(40-35(2,3)39-32)31(28-41-30-24-19-16-20-25-30)36-34(37)38-27-29-22-17-15-18-23-29/h15-20,22-25,31-33H,4-14,21,26-28H2,1-3H3,(H,36,37)/t31-,32+,33-/m0/s1. The lowest BCUT2D eigenvalue weighted by molar-refractivity contribution is -0.148. The van der Waals surface area contributed by atoms with Crippen molar-refractivity contribution in [3.05, 3.63) is 66.2 Å². The van der Waals surface area contributed by atoms with Gasteiger partial charge in [-0.05, 0) is 38.0 Å². The molecule has 1 saturated heterocycles. The molecule has 0 unspecified atom stereocenters. The molecule has 0 bridgehead atoms. The first-order chi connectivity index (χ1) is 20.0. The van der Waals surface area contributed by atoms with Crippen LogP contribution in [0, 0.1) is 0 Å². The number of alkyl carbamates (subject to hydrolysis) is 1. The molecule has 1 fully saturated rings. The van der Waals surface area contributed by atoms with Crippen molar-refractivity contribution in [1.82, 2.24) is 5.32 Å². The van der Waals surface area contributed by atoms with E-state index in [0.717, 1.165) is 23.3 Å². The van der Waals surface area contributed by atoms with Crippen LogP contribution in [0.3, 0.4) is 0 Å². The minimum absolute atomic E-state index is 0.0658. The number of hydrogen-bond donors (Lipinski definition) is 1. The van der Waals surface area contributed by atoms with E-state index in [1.807, 2.05) is 62.4 Å². The second kappa shape index (κ2) is 19.2. The summed E-state index contributed by atoms with van der Waals surface area (Å²) in [5, 5.41) is 3.13. The number of nitrogens with one attached hydrogen (secondary N) is 1. The maximum Gasteiger partial charge on any atom is 0.407 e. The Labute approximate surface area is 253 Å². The van der Waals surface area contributed by atoms with Gasteiger partial charge in [-0.25, -0.2) is 4.79 Å². The van der Waals surface area contributed by atoms with Crippen LogP contribution in [0.25, 0.3) is 0 Å². The Bertz CT molecular complexity index is 955. The lowest BCUT2D eigenvalue weighted by Crippen LogP contribution is -2.49. The molecular weight excluding hydrogens is 530 g/mol. The number of amides is 1. The number of carbonyl (C=O) groups excluding carboxylic acids is 1. The van der Waals surface area contributed by atoms with E-state index in [1.165, 1.54) is 70.6 Å². The van der Waals surface area contributed by atoms with Gasteiger partial charge in [-0.3, -0.25) is 0 Å². The summed E-state index contributed by atoms with van der Waals surface area (Å²) in [5.41, 5.74) is 0.962. The highest BCUT2D eigenvalue weighted by atomic mass is 32.2. The molecular formula is C35H53NO4S. The molecule has 41 heavy (non-hydrogen) atoms. The summed E-state index contributed by atoms with van der Waals surface area (Å²) < 4.78 is 18.4. The second-order valence-electron chi connectivity index (χ2n) is 11.8. The number of hydrogen-bond acceptors (Lipinski definition) is 5. The number of rotatable bonds is 20. The van der Waals surface area contributed by atoms with Crippen molar-refractivity contribution in [2.24, 2.45) is 0 Å². The topological polar surface area (TPSA) is 56.8 Å². The van der Waals surface area contributed by atoms with Crippen LogP contribution < -0.4 is 5.32 Å². The van der Waals surface area contributed by atoms with Crippen molar-refractivity contribution in [2.75, 3.05) is 5.75 Å². The largest absolute Gasteiger partial charge is 0.445 e. The van der Waals surface area contributed by atoms with Crippen LogP contribution in [-0.2, 0) is 20.8 Å². The molecule has 5 nitrogen and oxygen atoms in total. The van der Waals surface area contributed by atoms with E-state index in [0.29, 0.717) is 5.75 Å². The predicted octanol–water partition coefficient (Wildman–Crippen LogP) is 9.69. The first-order valence-electron chi connectivity index (χ1n) is 16.0. The molecule has 3 rings (SSSR count). The maximum absolute atomic E-state index is 12.9. The summed E-state index contributed by atoms with van der Waals surface area (Å²) in [5.74, 6) is -0.0126. The van der Waals surface area contributed by atoms with Gasteiger partial charge in [-0.1, -0.05) is 133 Å². The fraction of sp³-hybridized carbons (Fsp3) is 0.629. The Morgan fingerprint density at radius 2 is 1.39 bits per heavy atom. The third-order valence-electron chi connectivity index (χ3n) is 7.65. The minimum atomic E-state index is -0.683. The molecule has 0 saturated carbocycles. The average molecular weight is 584 g/mol. The van der Waals surface area contributed by atoms with E-state index in [2.05, 4.69) is 24.4 Å². The first kappa shape index (κ1) is 33.5. The van der Waals surface area contributed by atoms with Crippen molar-refractivity contribution >= 4 is 17.9 Å². The second-order valence-corrected chi connectivity index (χ2v) is 12.8. The molecule has 1 aliphatic heterocycles. The van der Waals surface area contributed by atoms with E-state index >= 15 is 0 Å². The molecule has 1 heterocycles. The van der Waals surface area contributed by atoms with Gasteiger partial charge in [-0.2, -0.15) is 0 Å². The summed E-state index contributed by atoms with van der Waals surface area (Å²) >= 11 is 1.71. The summed E-state index contributed by atoms with van der Waals surface area (Å²) in [6.45, 7) is 6.45. The molecule has 1 N–H and O–H groups in total. The Balaban J connectivity index is 1.47. The van der Waals surface area contributed by atoms with Gasteiger partial charge in [-0.15, -0.1) is 11.8 Å². The molecule has 1 aliphatic rings. The number of benzene rings is 2. The maximum atomic E-state index is 12.9. The van der Waals surface area contributed by atoms with Crippen molar-refractivity contribution in [1.29, 1.82) is 0 Å². The molecule has 0 spiro atoms. The van der Waals surface area contributed by atoms with Crippen LogP contribution in [0.4, 0.5) is 4.79 Å². The Morgan fingerprint density at radius 1 is 0.829 bits per heavy atom. The molecule has 228 valence electrons. The van der Waals surface area contributed by atoms with E-state index in [1.54, 1.807) is 11.8 Å². The van der Waals surface area contributed by atoms with Gasteiger partial charge in [0, 0.05) is 10.6 Å². The molecule has 0 radical (unpaired) electrons. The van der Waals surface area contributed by atoms with Crippen molar-refractivity contribution in [3.8, 4) is 0 Å². The Kier molecular flexibility index (Phi) is 15.7. The first-order valence-corrected chi connectivity index (χ1v) is 17.0. The number of thioether (sulfide) groups is 1. The van der Waals surface area contributed by atoms with E-state index < -0.39 is 11.9 Å². The van der Waals surface area contributed by atoms with Crippen LogP contribution in [0.2, 0.25) is 0 Å². The number of unbranched alkanes of at least 4 members (excludes halogenated alkanes) is 11. The average Bonchev–Trinajstić information content (AvgIpc) is 3.29. The smallest absolute Gasteiger partial charge is 0.407 e. The van der Waals surface area contributed by atoms with Gasteiger partial charge < -0.3 is 19.5 Å². The van der Waals surface area contributed by atoms with Crippen molar-refractivity contribution in [3.63, 3.8) is 0 Å². The van der Waals surface area contributed by atoms with Gasteiger partial charge >= 0.3 is 6.09 Å². The van der Waals surface area contributed by atoms with Crippen LogP contribution in [0.5, 0.6) is 0 Å². The molecule has 2 aromatic rings. The van der Waals surface area contributed by atoms with Crippen molar-refractivity contribution in [2.45, 2.75) is 140 Å². The molecule has 1 amide bonds. The quantitative estimate of drug-likeness (QED) is 0.124. The lowest BCUT2D eigenvalue weighted by atomic mass is 10.00. The fourth-order valence-corrected chi connectivity index (χ4v) is 6.45. The zero-order chi connectivity index (χ0) is 29.2. The monoisotopic (exact) mass is 583 g/mol. The summed E-state index contributed by atoms with van der Waals surface area (Å²) in [4.78, 5) is 14.1. The molecule has 6 heteroatoms. The number of carbonyl (C=O) groups is 1.